The lowest BCUT2D eigenvalue weighted by molar-refractivity contribution is 0.0618. The maximum absolute atomic E-state index is 6.66. The van der Waals surface area contributed by atoms with Gasteiger partial charge in [0.05, 0.1) is 0 Å². The molecule has 1 rings (SSSR count). The second-order valence-corrected chi connectivity index (χ2v) is 5.69. The molecule has 0 bridgehead atoms. The molecule has 0 aromatic carbocycles. The van der Waals surface area contributed by atoms with Crippen LogP contribution >= 0.6 is 0 Å². The summed E-state index contributed by atoms with van der Waals surface area (Å²) in [4.78, 5) is 6.93. The van der Waals surface area contributed by atoms with E-state index in [1.54, 1.807) is 6.33 Å². The quantitative estimate of drug-likeness (QED) is 0.720. The minimum absolute atomic E-state index is 0.0481. The van der Waals surface area contributed by atoms with Gasteiger partial charge in [0.1, 0.15) is 12.2 Å². The van der Waals surface area contributed by atoms with Crippen molar-refractivity contribution in [2.45, 2.75) is 78.4 Å². The van der Waals surface area contributed by atoms with Crippen LogP contribution in [0.3, 0.4) is 0 Å². The van der Waals surface area contributed by atoms with Crippen LogP contribution < -0.4 is 5.73 Å². The molecule has 5 heteroatoms. The summed E-state index contributed by atoms with van der Waals surface area (Å²) in [7, 11) is 0. The number of hydrogen-bond acceptors (Lipinski definition) is 4. The average Bonchev–Trinajstić information content (AvgIpc) is 2.92. The van der Waals surface area contributed by atoms with Crippen molar-refractivity contribution in [2.24, 2.45) is 5.73 Å². The Labute approximate surface area is 129 Å². The Morgan fingerprint density at radius 1 is 1.19 bits per heavy atom. The minimum Gasteiger partial charge on any atom is -0.326 e. The number of nitrogens with zero attached hydrogens (tertiary/aromatic N) is 4. The van der Waals surface area contributed by atoms with Crippen molar-refractivity contribution in [3.05, 3.63) is 12.2 Å². The molecule has 0 aliphatic carbocycles. The van der Waals surface area contributed by atoms with Crippen LogP contribution in [0.1, 0.15) is 59.7 Å². The Hall–Kier alpha value is -0.940. The smallest absolute Gasteiger partial charge is 0.138 e. The van der Waals surface area contributed by atoms with Crippen molar-refractivity contribution in [2.75, 3.05) is 13.1 Å². The Balaban J connectivity index is 2.95. The maximum atomic E-state index is 6.66. The molecule has 0 fully saturated rings. The van der Waals surface area contributed by atoms with E-state index in [1.807, 2.05) is 4.68 Å². The first-order valence-electron chi connectivity index (χ1n) is 8.46. The van der Waals surface area contributed by atoms with Gasteiger partial charge in [-0.05, 0) is 32.4 Å². The molecule has 0 spiro atoms. The highest BCUT2D eigenvalue weighted by Gasteiger charge is 2.38. The lowest BCUT2D eigenvalue weighted by atomic mass is 9.81. The van der Waals surface area contributed by atoms with Crippen LogP contribution in [0, 0.1) is 0 Å². The molecule has 0 aliphatic rings. The SMILES string of the molecule is CCCn1ncnc1CC(N)C(CC)(CC)N(CC)CC. The van der Waals surface area contributed by atoms with E-state index in [2.05, 4.69) is 49.6 Å². The van der Waals surface area contributed by atoms with Crippen molar-refractivity contribution >= 4 is 0 Å². The number of rotatable bonds is 10. The van der Waals surface area contributed by atoms with Crippen LogP contribution in [-0.2, 0) is 13.0 Å². The van der Waals surface area contributed by atoms with Gasteiger partial charge >= 0.3 is 0 Å². The van der Waals surface area contributed by atoms with E-state index in [0.29, 0.717) is 0 Å². The summed E-state index contributed by atoms with van der Waals surface area (Å²) in [6.07, 6.45) is 5.63. The minimum atomic E-state index is 0.0481. The second-order valence-electron chi connectivity index (χ2n) is 5.69. The molecule has 5 nitrogen and oxygen atoms in total. The summed E-state index contributed by atoms with van der Waals surface area (Å²) < 4.78 is 2.00. The number of hydrogen-bond donors (Lipinski definition) is 1. The van der Waals surface area contributed by atoms with Gasteiger partial charge in [-0.15, -0.1) is 0 Å². The fraction of sp³-hybridized carbons (Fsp3) is 0.875. The number of nitrogens with two attached hydrogens (primary N) is 1. The standard InChI is InChI=1S/C16H33N5/c1-6-11-21-15(18-13-19-21)12-14(17)16(7-2,8-3)20(9-4)10-5/h13-14H,6-12,17H2,1-5H3. The summed E-state index contributed by atoms with van der Waals surface area (Å²) in [6.45, 7) is 14.1. The van der Waals surface area contributed by atoms with Crippen LogP contribution in [-0.4, -0.2) is 44.3 Å². The predicted molar refractivity (Wildman–Crippen MR) is 88.2 cm³/mol. The molecule has 0 amide bonds. The van der Waals surface area contributed by atoms with Crippen LogP contribution in [0.5, 0.6) is 0 Å². The lowest BCUT2D eigenvalue weighted by Crippen LogP contribution is -2.60. The van der Waals surface area contributed by atoms with Crippen LogP contribution in [0.4, 0.5) is 0 Å². The molecule has 1 unspecified atom stereocenters. The molecule has 1 atom stereocenters. The first-order chi connectivity index (χ1) is 10.1. The maximum Gasteiger partial charge on any atom is 0.138 e. The molecule has 0 saturated heterocycles. The zero-order valence-corrected chi connectivity index (χ0v) is 14.5. The molecule has 0 saturated carbocycles. The van der Waals surface area contributed by atoms with Gasteiger partial charge in [-0.1, -0.05) is 34.6 Å². The van der Waals surface area contributed by atoms with Gasteiger partial charge in [0, 0.05) is 24.5 Å². The Morgan fingerprint density at radius 3 is 2.29 bits per heavy atom. The molecule has 1 aromatic heterocycles. The third kappa shape index (κ3) is 3.83. The van der Waals surface area contributed by atoms with E-state index in [1.165, 1.54) is 0 Å². The van der Waals surface area contributed by atoms with Gasteiger partial charge in [-0.2, -0.15) is 5.10 Å². The summed E-state index contributed by atoms with van der Waals surface area (Å²) in [5.74, 6) is 1.02. The number of aromatic nitrogens is 3. The lowest BCUT2D eigenvalue weighted by Gasteiger charge is -2.46. The summed E-state index contributed by atoms with van der Waals surface area (Å²) in [5, 5.41) is 4.31. The molecule has 0 aliphatic heterocycles. The molecule has 1 aromatic rings. The molecule has 0 radical (unpaired) electrons. The summed E-state index contributed by atoms with van der Waals surface area (Å²) >= 11 is 0. The highest BCUT2D eigenvalue weighted by atomic mass is 15.3. The Kier molecular flexibility index (Phi) is 7.32. The second kappa shape index (κ2) is 8.49. The van der Waals surface area contributed by atoms with Crippen molar-refractivity contribution < 1.29 is 0 Å². The van der Waals surface area contributed by atoms with Gasteiger partial charge in [-0.3, -0.25) is 9.58 Å². The van der Waals surface area contributed by atoms with Crippen molar-refractivity contribution in [1.29, 1.82) is 0 Å². The number of aryl methyl sites for hydroxylation is 1. The van der Waals surface area contributed by atoms with Crippen molar-refractivity contribution in [1.82, 2.24) is 19.7 Å². The fourth-order valence-electron chi connectivity index (χ4n) is 3.54. The zero-order chi connectivity index (χ0) is 15.9. The van der Waals surface area contributed by atoms with E-state index in [9.17, 15) is 0 Å². The van der Waals surface area contributed by atoms with E-state index in [4.69, 9.17) is 5.73 Å². The molecule has 2 N–H and O–H groups in total. The van der Waals surface area contributed by atoms with Crippen molar-refractivity contribution in [3.63, 3.8) is 0 Å². The molecule has 122 valence electrons. The monoisotopic (exact) mass is 295 g/mol. The highest BCUT2D eigenvalue weighted by molar-refractivity contribution is 5.02. The van der Waals surface area contributed by atoms with Gasteiger partial charge < -0.3 is 5.73 Å². The first-order valence-corrected chi connectivity index (χ1v) is 8.46. The topological polar surface area (TPSA) is 60.0 Å². The largest absolute Gasteiger partial charge is 0.326 e. The summed E-state index contributed by atoms with van der Waals surface area (Å²) in [6, 6.07) is 0.0761. The van der Waals surface area contributed by atoms with E-state index in [-0.39, 0.29) is 11.6 Å². The fourth-order valence-corrected chi connectivity index (χ4v) is 3.54. The van der Waals surface area contributed by atoms with Gasteiger partial charge in [-0.25, -0.2) is 4.98 Å². The third-order valence-corrected chi connectivity index (χ3v) is 4.84. The van der Waals surface area contributed by atoms with Crippen LogP contribution in [0.15, 0.2) is 6.33 Å². The Morgan fingerprint density at radius 2 is 1.81 bits per heavy atom. The number of likely N-dealkylation sites (N-methyl/N-ethyl adjacent to an activating group) is 1. The highest BCUT2D eigenvalue weighted by Crippen LogP contribution is 2.28. The molecular formula is C16H33N5. The van der Waals surface area contributed by atoms with Gasteiger partial charge in [0.25, 0.3) is 0 Å². The van der Waals surface area contributed by atoms with Gasteiger partial charge in [0.15, 0.2) is 0 Å². The van der Waals surface area contributed by atoms with Crippen LogP contribution in [0.25, 0.3) is 0 Å². The average molecular weight is 295 g/mol. The molecule has 21 heavy (non-hydrogen) atoms. The normalized spacial score (nSPS) is 13.9. The van der Waals surface area contributed by atoms with E-state index >= 15 is 0 Å². The van der Waals surface area contributed by atoms with Gasteiger partial charge in [0.2, 0.25) is 0 Å². The third-order valence-electron chi connectivity index (χ3n) is 4.84. The molecule has 1 heterocycles. The Bertz CT molecular complexity index is 393. The van der Waals surface area contributed by atoms with Crippen molar-refractivity contribution in [3.8, 4) is 0 Å². The predicted octanol–water partition coefficient (Wildman–Crippen LogP) is 2.46. The van der Waals surface area contributed by atoms with Crippen LogP contribution in [0.2, 0.25) is 0 Å². The summed E-state index contributed by atoms with van der Waals surface area (Å²) in [5.41, 5.74) is 6.71. The van der Waals surface area contributed by atoms with E-state index < -0.39 is 0 Å². The molecular weight excluding hydrogens is 262 g/mol. The first kappa shape index (κ1) is 18.1. The zero-order valence-electron chi connectivity index (χ0n) is 14.5. The van der Waals surface area contributed by atoms with E-state index in [0.717, 1.165) is 51.1 Å².